The number of piperidine rings is 1. The first-order valence-electron chi connectivity index (χ1n) is 8.69. The van der Waals surface area contributed by atoms with Gasteiger partial charge in [0.25, 0.3) is 0 Å². The van der Waals surface area contributed by atoms with Crippen molar-refractivity contribution in [1.29, 1.82) is 0 Å². The summed E-state index contributed by atoms with van der Waals surface area (Å²) in [6.07, 6.45) is 1.80. The van der Waals surface area contributed by atoms with Crippen molar-refractivity contribution in [2.45, 2.75) is 46.6 Å². The molecule has 0 unspecified atom stereocenters. The third-order valence-corrected chi connectivity index (χ3v) is 4.40. The molecule has 2 amide bonds. The number of carbonyl (C=O) groups is 2. The Labute approximate surface area is 168 Å². The number of nitrogens with one attached hydrogen (secondary N) is 3. The van der Waals surface area contributed by atoms with E-state index in [4.69, 9.17) is 0 Å². The first kappa shape index (κ1) is 23.9. The Morgan fingerprint density at radius 3 is 2.24 bits per heavy atom. The third kappa shape index (κ3) is 7.37. The number of aliphatic imine (C=N–C) groups is 1. The van der Waals surface area contributed by atoms with Crippen molar-refractivity contribution >= 4 is 41.8 Å². The monoisotopic (exact) mass is 467 g/mol. The fourth-order valence-electron chi connectivity index (χ4n) is 2.72. The van der Waals surface area contributed by atoms with Gasteiger partial charge in [0.2, 0.25) is 11.8 Å². The van der Waals surface area contributed by atoms with Crippen molar-refractivity contribution < 1.29 is 9.59 Å². The Kier molecular flexibility index (Phi) is 10.4. The lowest BCUT2D eigenvalue weighted by atomic mass is 9.92. The molecule has 0 aliphatic carbocycles. The fourth-order valence-corrected chi connectivity index (χ4v) is 2.72. The normalized spacial score (nSPS) is 16.3. The lowest BCUT2D eigenvalue weighted by Gasteiger charge is -2.34. The zero-order valence-electron chi connectivity index (χ0n) is 16.3. The highest BCUT2D eigenvalue weighted by atomic mass is 127. The minimum absolute atomic E-state index is 0. The largest absolute Gasteiger partial charge is 0.359 e. The van der Waals surface area contributed by atoms with Crippen molar-refractivity contribution in [3.63, 3.8) is 0 Å². The zero-order valence-corrected chi connectivity index (χ0v) is 18.6. The van der Waals surface area contributed by atoms with Gasteiger partial charge in [0.1, 0.15) is 0 Å². The molecule has 3 N–H and O–H groups in total. The molecule has 7 nitrogen and oxygen atoms in total. The second-order valence-corrected chi connectivity index (χ2v) is 7.29. The first-order valence-corrected chi connectivity index (χ1v) is 8.69. The molecular weight excluding hydrogens is 433 g/mol. The average Bonchev–Trinajstić information content (AvgIpc) is 2.57. The smallest absolute Gasteiger partial charge is 0.227 e. The number of hydrogen-bond donors (Lipinski definition) is 3. The molecule has 0 aromatic carbocycles. The summed E-state index contributed by atoms with van der Waals surface area (Å²) >= 11 is 0. The van der Waals surface area contributed by atoms with Crippen LogP contribution in [0.4, 0.5) is 0 Å². The summed E-state index contributed by atoms with van der Waals surface area (Å²) in [6, 6.07) is 0.288. The molecule has 8 heteroatoms. The summed E-state index contributed by atoms with van der Waals surface area (Å²) in [5.41, 5.74) is -0.514. The van der Waals surface area contributed by atoms with Crippen LogP contribution in [0.15, 0.2) is 4.99 Å². The van der Waals surface area contributed by atoms with Gasteiger partial charge in [-0.15, -0.1) is 24.0 Å². The van der Waals surface area contributed by atoms with Crippen molar-refractivity contribution in [2.75, 3.05) is 33.7 Å². The maximum absolute atomic E-state index is 12.0. The van der Waals surface area contributed by atoms with Gasteiger partial charge in [-0.05, 0) is 26.7 Å². The topological polar surface area (TPSA) is 85.8 Å². The van der Waals surface area contributed by atoms with Crippen LogP contribution >= 0.6 is 24.0 Å². The van der Waals surface area contributed by atoms with Gasteiger partial charge >= 0.3 is 0 Å². The molecule has 0 spiro atoms. The summed E-state index contributed by atoms with van der Waals surface area (Å²) in [5.74, 6) is 0.964. The van der Waals surface area contributed by atoms with Gasteiger partial charge in [-0.3, -0.25) is 14.6 Å². The van der Waals surface area contributed by atoms with Gasteiger partial charge in [0.05, 0.1) is 5.41 Å². The van der Waals surface area contributed by atoms with Crippen LogP contribution in [-0.2, 0) is 9.59 Å². The number of carbonyl (C=O) groups excluding carboxylic acids is 2. The van der Waals surface area contributed by atoms with E-state index in [1.807, 2.05) is 32.6 Å². The number of likely N-dealkylation sites (tertiary alicyclic amines) is 1. The maximum atomic E-state index is 12.0. The number of halogens is 1. The van der Waals surface area contributed by atoms with Crippen LogP contribution in [0.2, 0.25) is 0 Å². The second-order valence-electron chi connectivity index (χ2n) is 7.29. The summed E-state index contributed by atoms with van der Waals surface area (Å²) in [4.78, 5) is 30.0. The van der Waals surface area contributed by atoms with Crippen molar-refractivity contribution in [1.82, 2.24) is 20.9 Å². The minimum atomic E-state index is -0.514. The zero-order chi connectivity index (χ0) is 18.3. The Morgan fingerprint density at radius 1 is 1.24 bits per heavy atom. The van der Waals surface area contributed by atoms with Gasteiger partial charge in [0.15, 0.2) is 5.96 Å². The van der Waals surface area contributed by atoms with E-state index in [0.717, 1.165) is 25.9 Å². The SMILES string of the molecule is CN=C(NCC(C)(C)C(=O)NC)NC1CCN(C(=O)C(C)C)CC1.I. The first-order chi connectivity index (χ1) is 11.2. The highest BCUT2D eigenvalue weighted by Gasteiger charge is 2.28. The molecule has 1 fully saturated rings. The Bertz CT molecular complexity index is 472. The van der Waals surface area contributed by atoms with Gasteiger partial charge in [-0.1, -0.05) is 13.8 Å². The van der Waals surface area contributed by atoms with Crippen molar-refractivity contribution in [3.05, 3.63) is 0 Å². The maximum Gasteiger partial charge on any atom is 0.227 e. The minimum Gasteiger partial charge on any atom is -0.359 e. The van der Waals surface area contributed by atoms with Crippen LogP contribution < -0.4 is 16.0 Å². The van der Waals surface area contributed by atoms with Crippen molar-refractivity contribution in [2.24, 2.45) is 16.3 Å². The van der Waals surface area contributed by atoms with E-state index in [9.17, 15) is 9.59 Å². The van der Waals surface area contributed by atoms with Crippen LogP contribution in [0, 0.1) is 11.3 Å². The standard InChI is InChI=1S/C17H33N5O2.HI/c1-12(2)14(23)22-9-7-13(8-10-22)21-16(19-6)20-11-17(3,4)15(24)18-5;/h12-13H,7-11H2,1-6H3,(H,18,24)(H2,19,20,21);1H. The van der Waals surface area contributed by atoms with Gasteiger partial charge < -0.3 is 20.9 Å². The molecule has 1 aliphatic heterocycles. The van der Waals surface area contributed by atoms with Crippen molar-refractivity contribution in [3.8, 4) is 0 Å². The van der Waals surface area contributed by atoms with E-state index in [1.165, 1.54) is 0 Å². The number of amides is 2. The predicted octanol–water partition coefficient (Wildman–Crippen LogP) is 1.19. The Morgan fingerprint density at radius 2 is 1.80 bits per heavy atom. The second kappa shape index (κ2) is 10.8. The van der Waals surface area contributed by atoms with E-state index < -0.39 is 5.41 Å². The van der Waals surface area contributed by atoms with Crippen LogP contribution in [-0.4, -0.2) is 62.4 Å². The van der Waals surface area contributed by atoms with Gasteiger partial charge in [-0.25, -0.2) is 0 Å². The van der Waals surface area contributed by atoms with Gasteiger partial charge in [0, 0.05) is 45.7 Å². The summed E-state index contributed by atoms with van der Waals surface area (Å²) in [7, 11) is 3.36. The molecule has 0 bridgehead atoms. The highest BCUT2D eigenvalue weighted by molar-refractivity contribution is 14.0. The molecule has 0 aromatic rings. The van der Waals surface area contributed by atoms with E-state index in [1.54, 1.807) is 14.1 Å². The molecule has 1 heterocycles. The predicted molar refractivity (Wildman–Crippen MR) is 112 cm³/mol. The fraction of sp³-hybridized carbons (Fsp3) is 0.824. The molecule has 25 heavy (non-hydrogen) atoms. The molecule has 1 aliphatic rings. The molecular formula is C17H34IN5O2. The lowest BCUT2D eigenvalue weighted by molar-refractivity contribution is -0.135. The summed E-state index contributed by atoms with van der Waals surface area (Å²) in [5, 5.41) is 9.29. The molecule has 0 aromatic heterocycles. The molecule has 0 saturated carbocycles. The highest BCUT2D eigenvalue weighted by Crippen LogP contribution is 2.14. The molecule has 0 radical (unpaired) electrons. The van der Waals surface area contributed by atoms with E-state index in [-0.39, 0.29) is 47.8 Å². The molecule has 146 valence electrons. The van der Waals surface area contributed by atoms with E-state index in [2.05, 4.69) is 20.9 Å². The number of rotatable bonds is 5. The van der Waals surface area contributed by atoms with Gasteiger partial charge in [-0.2, -0.15) is 0 Å². The van der Waals surface area contributed by atoms with Crippen LogP contribution in [0.3, 0.4) is 0 Å². The number of nitrogens with zero attached hydrogens (tertiary/aromatic N) is 2. The lowest BCUT2D eigenvalue weighted by Crippen LogP contribution is -2.52. The molecule has 1 rings (SSSR count). The summed E-state index contributed by atoms with van der Waals surface area (Å²) < 4.78 is 0. The average molecular weight is 467 g/mol. The Hall–Kier alpha value is -1.06. The Balaban J connectivity index is 0.00000576. The van der Waals surface area contributed by atoms with E-state index >= 15 is 0 Å². The van der Waals surface area contributed by atoms with Crippen LogP contribution in [0.25, 0.3) is 0 Å². The number of guanidine groups is 1. The molecule has 0 atom stereocenters. The van der Waals surface area contributed by atoms with Crippen LogP contribution in [0.1, 0.15) is 40.5 Å². The third-order valence-electron chi connectivity index (χ3n) is 4.40. The summed E-state index contributed by atoms with van der Waals surface area (Å²) in [6.45, 7) is 9.70. The van der Waals surface area contributed by atoms with E-state index in [0.29, 0.717) is 12.5 Å². The van der Waals surface area contributed by atoms with Crippen LogP contribution in [0.5, 0.6) is 0 Å². The molecule has 1 saturated heterocycles. The number of hydrogen-bond acceptors (Lipinski definition) is 3. The quantitative estimate of drug-likeness (QED) is 0.322.